The molecule has 0 aliphatic heterocycles. The second-order valence-electron chi connectivity index (χ2n) is 5.65. The van der Waals surface area contributed by atoms with Crippen LogP contribution in [0.2, 0.25) is 10.0 Å². The average Bonchev–Trinajstić information content (AvgIpc) is 3.30. The van der Waals surface area contributed by atoms with Crippen LogP contribution < -0.4 is 0 Å². The summed E-state index contributed by atoms with van der Waals surface area (Å²) in [6, 6.07) is 9.36. The van der Waals surface area contributed by atoms with Gasteiger partial charge in [0, 0.05) is 29.5 Å². The van der Waals surface area contributed by atoms with Gasteiger partial charge in [0.1, 0.15) is 11.3 Å². The minimum Gasteiger partial charge on any atom is -0.475 e. The van der Waals surface area contributed by atoms with Crippen molar-refractivity contribution in [1.29, 1.82) is 0 Å². The summed E-state index contributed by atoms with van der Waals surface area (Å²) in [4.78, 5) is 16.3. The lowest BCUT2D eigenvalue weighted by Crippen LogP contribution is -2.21. The van der Waals surface area contributed by atoms with Crippen molar-refractivity contribution in [2.24, 2.45) is 0 Å². The van der Waals surface area contributed by atoms with E-state index in [9.17, 15) is 13.2 Å². The number of aliphatic carboxylic acids is 1. The van der Waals surface area contributed by atoms with Crippen LogP contribution in [0.3, 0.4) is 0 Å². The van der Waals surface area contributed by atoms with Gasteiger partial charge in [-0.15, -0.1) is 0 Å². The summed E-state index contributed by atoms with van der Waals surface area (Å²) in [7, 11) is 0. The number of nitrogens with zero attached hydrogens (tertiary/aromatic N) is 3. The van der Waals surface area contributed by atoms with Crippen LogP contribution >= 0.6 is 23.2 Å². The number of aromatic amines is 1. The summed E-state index contributed by atoms with van der Waals surface area (Å²) in [5.74, 6) is -2.76. The molecule has 0 saturated carbocycles. The number of benzene rings is 1. The zero-order valence-corrected chi connectivity index (χ0v) is 15.8. The van der Waals surface area contributed by atoms with E-state index in [1.165, 1.54) is 0 Å². The lowest BCUT2D eigenvalue weighted by molar-refractivity contribution is -0.192. The standard InChI is InChI=1S/C16H10Cl2N4.C2HF3O2/c17-13-2-1-3-14(18)15(13)22-9-10(8-21-22)11-4-6-19-16-12(11)5-7-20-16;3-2(4,5)1(6)7/h1-9H,(H,19,20);(H,6,7). The molecule has 0 atom stereocenters. The molecule has 1 aromatic carbocycles. The molecule has 0 aliphatic carbocycles. The molecule has 11 heteroatoms. The zero-order valence-electron chi connectivity index (χ0n) is 14.3. The second kappa shape index (κ2) is 8.14. The number of carbonyl (C=O) groups is 1. The Hall–Kier alpha value is -3.04. The molecule has 3 aromatic heterocycles. The van der Waals surface area contributed by atoms with Crippen LogP contribution in [-0.2, 0) is 4.79 Å². The Morgan fingerprint density at radius 3 is 2.41 bits per heavy atom. The van der Waals surface area contributed by atoms with Crippen LogP contribution in [0.5, 0.6) is 0 Å². The first kappa shape index (κ1) is 20.7. The number of H-pyrrole nitrogens is 1. The first-order valence-electron chi connectivity index (χ1n) is 7.90. The van der Waals surface area contributed by atoms with Crippen molar-refractivity contribution in [3.63, 3.8) is 0 Å². The summed E-state index contributed by atoms with van der Waals surface area (Å²) >= 11 is 12.5. The van der Waals surface area contributed by atoms with Gasteiger partial charge in [-0.05, 0) is 29.8 Å². The number of nitrogens with one attached hydrogen (secondary N) is 1. The van der Waals surface area contributed by atoms with Gasteiger partial charge in [-0.1, -0.05) is 29.3 Å². The maximum Gasteiger partial charge on any atom is 0.490 e. The fourth-order valence-electron chi connectivity index (χ4n) is 2.50. The van der Waals surface area contributed by atoms with Crippen molar-refractivity contribution in [3.8, 4) is 16.8 Å². The van der Waals surface area contributed by atoms with Crippen LogP contribution in [0.1, 0.15) is 0 Å². The number of para-hydroxylation sites is 1. The van der Waals surface area contributed by atoms with Crippen molar-refractivity contribution in [2.45, 2.75) is 6.18 Å². The number of aromatic nitrogens is 4. The molecule has 4 rings (SSSR count). The Morgan fingerprint density at radius 2 is 1.79 bits per heavy atom. The summed E-state index contributed by atoms with van der Waals surface area (Å²) in [5, 5.41) is 13.7. The highest BCUT2D eigenvalue weighted by Gasteiger charge is 2.38. The van der Waals surface area contributed by atoms with Crippen LogP contribution in [0, 0.1) is 0 Å². The van der Waals surface area contributed by atoms with Crippen LogP contribution in [-0.4, -0.2) is 37.0 Å². The van der Waals surface area contributed by atoms with Gasteiger partial charge in [0.25, 0.3) is 0 Å². The third-order valence-corrected chi connectivity index (χ3v) is 4.37. The van der Waals surface area contributed by atoms with E-state index in [1.54, 1.807) is 29.2 Å². The third-order valence-electron chi connectivity index (χ3n) is 3.76. The van der Waals surface area contributed by atoms with Crippen LogP contribution in [0.4, 0.5) is 13.2 Å². The van der Waals surface area contributed by atoms with E-state index < -0.39 is 12.1 Å². The number of rotatable bonds is 2. The fourth-order valence-corrected chi connectivity index (χ4v) is 3.08. The number of hydrogen-bond donors (Lipinski definition) is 2. The molecule has 0 unspecified atom stereocenters. The van der Waals surface area contributed by atoms with Crippen molar-refractivity contribution in [3.05, 3.63) is 65.2 Å². The number of carboxylic acid groups (broad SMARTS) is 1. The smallest absolute Gasteiger partial charge is 0.475 e. The molecule has 29 heavy (non-hydrogen) atoms. The maximum absolute atomic E-state index is 10.6. The second-order valence-corrected chi connectivity index (χ2v) is 6.46. The van der Waals surface area contributed by atoms with Gasteiger partial charge >= 0.3 is 12.1 Å². The summed E-state index contributed by atoms with van der Waals surface area (Å²) in [6.07, 6.45) is 2.26. The van der Waals surface area contributed by atoms with Crippen LogP contribution in [0.15, 0.2) is 55.1 Å². The molecule has 0 saturated heterocycles. The highest BCUT2D eigenvalue weighted by Crippen LogP contribution is 2.31. The average molecular weight is 443 g/mol. The summed E-state index contributed by atoms with van der Waals surface area (Å²) in [5.41, 5.74) is 3.56. The van der Waals surface area contributed by atoms with Crippen molar-refractivity contribution < 1.29 is 23.1 Å². The molecule has 3 heterocycles. The Morgan fingerprint density at radius 1 is 1.14 bits per heavy atom. The first-order chi connectivity index (χ1) is 13.7. The van der Waals surface area contributed by atoms with Gasteiger partial charge in [-0.2, -0.15) is 18.3 Å². The van der Waals surface area contributed by atoms with Crippen LogP contribution in [0.25, 0.3) is 27.8 Å². The van der Waals surface area contributed by atoms with Gasteiger partial charge in [0.05, 0.1) is 16.2 Å². The summed E-state index contributed by atoms with van der Waals surface area (Å²) in [6.45, 7) is 0. The largest absolute Gasteiger partial charge is 0.490 e. The predicted octanol–water partition coefficient (Wildman–Crippen LogP) is 5.36. The molecule has 150 valence electrons. The van der Waals surface area contributed by atoms with Gasteiger partial charge < -0.3 is 10.1 Å². The number of pyridine rings is 1. The maximum atomic E-state index is 10.6. The van der Waals surface area contributed by atoms with Gasteiger partial charge in [0.2, 0.25) is 0 Å². The van der Waals surface area contributed by atoms with E-state index in [-0.39, 0.29) is 0 Å². The van der Waals surface area contributed by atoms with E-state index in [1.807, 2.05) is 30.6 Å². The Kier molecular flexibility index (Phi) is 5.81. The van der Waals surface area contributed by atoms with Gasteiger partial charge in [0.15, 0.2) is 0 Å². The van der Waals surface area contributed by atoms with E-state index in [4.69, 9.17) is 33.1 Å². The minimum absolute atomic E-state index is 0.559. The topological polar surface area (TPSA) is 83.8 Å². The Bertz CT molecular complexity index is 1150. The molecule has 0 aliphatic rings. The van der Waals surface area contributed by atoms with Gasteiger partial charge in [-0.3, -0.25) is 0 Å². The third kappa shape index (κ3) is 4.52. The number of carboxylic acids is 1. The monoisotopic (exact) mass is 442 g/mol. The molecular weight excluding hydrogens is 432 g/mol. The van der Waals surface area contributed by atoms with E-state index >= 15 is 0 Å². The van der Waals surface area contributed by atoms with E-state index in [2.05, 4.69) is 15.1 Å². The highest BCUT2D eigenvalue weighted by atomic mass is 35.5. The van der Waals surface area contributed by atoms with Crippen molar-refractivity contribution >= 4 is 40.2 Å². The Labute approximate surface area is 171 Å². The SMILES string of the molecule is Clc1cccc(Cl)c1-n1cc(-c2ccnc3[nH]ccc23)cn1.O=C(O)C(F)(F)F. The van der Waals surface area contributed by atoms with E-state index in [0.717, 1.165) is 22.2 Å². The number of halogens is 5. The fraction of sp³-hybridized carbons (Fsp3) is 0.0556. The molecule has 4 aromatic rings. The molecule has 6 nitrogen and oxygen atoms in total. The molecular formula is C18H11Cl2F3N4O2. The molecule has 2 N–H and O–H groups in total. The molecule has 0 radical (unpaired) electrons. The van der Waals surface area contributed by atoms with Crippen molar-refractivity contribution in [2.75, 3.05) is 0 Å². The minimum atomic E-state index is -5.08. The quantitative estimate of drug-likeness (QED) is 0.437. The first-order valence-corrected chi connectivity index (χ1v) is 8.65. The normalized spacial score (nSPS) is 11.2. The molecule has 0 spiro atoms. The zero-order chi connectivity index (χ0) is 21.2. The summed E-state index contributed by atoms with van der Waals surface area (Å²) < 4.78 is 33.4. The number of alkyl halides is 3. The van der Waals surface area contributed by atoms with E-state index in [0.29, 0.717) is 15.7 Å². The molecule has 0 fully saturated rings. The highest BCUT2D eigenvalue weighted by molar-refractivity contribution is 6.37. The number of hydrogen-bond acceptors (Lipinski definition) is 3. The predicted molar refractivity (Wildman–Crippen MR) is 102 cm³/mol. The lowest BCUT2D eigenvalue weighted by atomic mass is 10.1. The van der Waals surface area contributed by atoms with Crippen molar-refractivity contribution in [1.82, 2.24) is 19.7 Å². The Balaban J connectivity index is 0.000000298. The lowest BCUT2D eigenvalue weighted by Gasteiger charge is -2.06. The molecule has 0 amide bonds. The molecule has 0 bridgehead atoms. The van der Waals surface area contributed by atoms with Gasteiger partial charge in [-0.25, -0.2) is 14.5 Å². The number of fused-ring (bicyclic) bond motifs is 1.